The number of hydrogen-bond acceptors (Lipinski definition) is 7. The Bertz CT molecular complexity index is 1410. The van der Waals surface area contributed by atoms with Gasteiger partial charge in [-0.25, -0.2) is 18.2 Å². The number of benzene rings is 1. The third kappa shape index (κ3) is 4.71. The molecule has 4 rings (SSSR count). The molecule has 180 valence electrons. The van der Waals surface area contributed by atoms with Crippen LogP contribution in [0.25, 0.3) is 11.0 Å². The first-order valence-corrected chi connectivity index (χ1v) is 12.5. The van der Waals surface area contributed by atoms with Gasteiger partial charge in [0.1, 0.15) is 5.60 Å². The van der Waals surface area contributed by atoms with Crippen LogP contribution in [-0.4, -0.2) is 46.5 Å². The minimum absolute atomic E-state index is 0.00392. The summed E-state index contributed by atoms with van der Waals surface area (Å²) in [7, 11) is -1.95. The zero-order valence-corrected chi connectivity index (χ0v) is 20.6. The summed E-state index contributed by atoms with van der Waals surface area (Å²) < 4.78 is 32.5. The molecule has 10 nitrogen and oxygen atoms in total. The maximum atomic E-state index is 13.1. The van der Waals surface area contributed by atoms with Crippen LogP contribution in [0.5, 0.6) is 0 Å². The molecule has 2 amide bonds. The minimum atomic E-state index is -3.68. The molecule has 0 aliphatic carbocycles. The van der Waals surface area contributed by atoms with Gasteiger partial charge in [-0.3, -0.25) is 9.48 Å². The predicted molar refractivity (Wildman–Crippen MR) is 127 cm³/mol. The zero-order valence-electron chi connectivity index (χ0n) is 19.0. The maximum absolute atomic E-state index is 13.1. The van der Waals surface area contributed by atoms with Crippen molar-refractivity contribution in [1.29, 1.82) is 0 Å². The Kier molecular flexibility index (Phi) is 6.03. The quantitative estimate of drug-likeness (QED) is 0.555. The number of ether oxygens (including phenoxy) is 1. The lowest BCUT2D eigenvalue weighted by Crippen LogP contribution is -2.38. The molecule has 3 heterocycles. The van der Waals surface area contributed by atoms with Crippen molar-refractivity contribution >= 4 is 50.2 Å². The number of hydrogen-bond donors (Lipinski definition) is 2. The average molecular weight is 506 g/mol. The fraction of sp³-hybridized carbons (Fsp3) is 0.364. The lowest BCUT2D eigenvalue weighted by molar-refractivity contribution is 0.0500. The minimum Gasteiger partial charge on any atom is -0.444 e. The highest BCUT2D eigenvalue weighted by Crippen LogP contribution is 2.36. The number of halogens is 1. The third-order valence-electron chi connectivity index (χ3n) is 5.30. The first-order chi connectivity index (χ1) is 15.9. The van der Waals surface area contributed by atoms with Crippen molar-refractivity contribution in [3.63, 3.8) is 0 Å². The van der Waals surface area contributed by atoms with Crippen molar-refractivity contribution in [2.75, 3.05) is 11.1 Å². The molecule has 12 heteroatoms. The Morgan fingerprint density at radius 2 is 2.00 bits per heavy atom. The molecule has 1 aliphatic heterocycles. The highest BCUT2D eigenvalue weighted by atomic mass is 35.5. The molecule has 3 aromatic rings. The SMILES string of the molecule is Cn1ncc2c(NC(=O)c3cc4c(cc3Cl)C(NC(=O)OC(C)(C)C)CCS4(=O)=O)ccnc21. The molecule has 0 fully saturated rings. The van der Waals surface area contributed by atoms with E-state index in [0.717, 1.165) is 0 Å². The number of nitrogens with one attached hydrogen (secondary N) is 2. The molecule has 34 heavy (non-hydrogen) atoms. The number of fused-ring (bicyclic) bond motifs is 2. The summed E-state index contributed by atoms with van der Waals surface area (Å²) in [6, 6.07) is 3.66. The first kappa shape index (κ1) is 24.0. The van der Waals surface area contributed by atoms with Gasteiger partial charge in [-0.05, 0) is 51.0 Å². The van der Waals surface area contributed by atoms with Gasteiger partial charge in [0, 0.05) is 13.2 Å². The molecule has 0 spiro atoms. The van der Waals surface area contributed by atoms with Gasteiger partial charge in [-0.2, -0.15) is 5.10 Å². The number of aromatic nitrogens is 3. The number of aryl methyl sites for hydroxylation is 1. The number of carbonyl (C=O) groups excluding carboxylic acids is 2. The Hall–Kier alpha value is -3.18. The van der Waals surface area contributed by atoms with Crippen LogP contribution in [0, 0.1) is 0 Å². The van der Waals surface area contributed by atoms with E-state index in [2.05, 4.69) is 20.7 Å². The second-order valence-electron chi connectivity index (χ2n) is 8.99. The third-order valence-corrected chi connectivity index (χ3v) is 7.41. The number of pyridine rings is 1. The second kappa shape index (κ2) is 8.55. The molecule has 0 saturated heterocycles. The largest absolute Gasteiger partial charge is 0.444 e. The second-order valence-corrected chi connectivity index (χ2v) is 11.5. The van der Waals surface area contributed by atoms with E-state index in [9.17, 15) is 18.0 Å². The highest BCUT2D eigenvalue weighted by molar-refractivity contribution is 7.91. The number of sulfone groups is 1. The fourth-order valence-electron chi connectivity index (χ4n) is 3.77. The van der Waals surface area contributed by atoms with Gasteiger partial charge in [0.15, 0.2) is 15.5 Å². The van der Waals surface area contributed by atoms with Crippen LogP contribution >= 0.6 is 11.6 Å². The number of alkyl carbamates (subject to hydrolysis) is 1. The molecular weight excluding hydrogens is 482 g/mol. The summed E-state index contributed by atoms with van der Waals surface area (Å²) in [5.74, 6) is -0.773. The molecule has 0 bridgehead atoms. The lowest BCUT2D eigenvalue weighted by atomic mass is 10.0. The monoisotopic (exact) mass is 505 g/mol. The zero-order chi connectivity index (χ0) is 24.8. The van der Waals surface area contributed by atoms with Gasteiger partial charge in [0.2, 0.25) is 0 Å². The normalized spacial score (nSPS) is 17.1. The highest BCUT2D eigenvalue weighted by Gasteiger charge is 2.34. The van der Waals surface area contributed by atoms with Gasteiger partial charge in [0.05, 0.1) is 44.5 Å². The Labute approximate surface area is 201 Å². The Balaban J connectivity index is 1.67. The summed E-state index contributed by atoms with van der Waals surface area (Å²) in [6.45, 7) is 5.20. The van der Waals surface area contributed by atoms with Crippen LogP contribution in [0.4, 0.5) is 10.5 Å². The van der Waals surface area contributed by atoms with E-state index in [4.69, 9.17) is 16.3 Å². The standard InChI is InChI=1S/C22H24ClN5O5S/c1-22(2,3)33-21(30)27-17-6-8-34(31,32)18-10-12(15(23)9-13(17)18)20(29)26-16-5-7-24-19-14(16)11-25-28(19)4/h5,7,9-11,17H,6,8H2,1-4H3,(H,27,30)(H,24,26,29). The van der Waals surface area contributed by atoms with Crippen LogP contribution in [0.3, 0.4) is 0 Å². The van der Waals surface area contributed by atoms with Gasteiger partial charge < -0.3 is 15.4 Å². The summed E-state index contributed by atoms with van der Waals surface area (Å²) >= 11 is 6.42. The molecule has 0 saturated carbocycles. The first-order valence-electron chi connectivity index (χ1n) is 10.5. The molecule has 1 unspecified atom stereocenters. The van der Waals surface area contributed by atoms with E-state index in [1.54, 1.807) is 44.8 Å². The van der Waals surface area contributed by atoms with E-state index in [-0.39, 0.29) is 27.7 Å². The Morgan fingerprint density at radius 1 is 1.26 bits per heavy atom. The maximum Gasteiger partial charge on any atom is 0.408 e. The van der Waals surface area contributed by atoms with E-state index >= 15 is 0 Å². The van der Waals surface area contributed by atoms with Crippen molar-refractivity contribution in [3.05, 3.63) is 46.7 Å². The van der Waals surface area contributed by atoms with Gasteiger partial charge in [-0.15, -0.1) is 0 Å². The van der Waals surface area contributed by atoms with Crippen molar-refractivity contribution in [3.8, 4) is 0 Å². The van der Waals surface area contributed by atoms with E-state index < -0.39 is 33.5 Å². The number of amides is 2. The summed E-state index contributed by atoms with van der Waals surface area (Å²) in [6.07, 6.45) is 2.60. The van der Waals surface area contributed by atoms with Gasteiger partial charge in [0.25, 0.3) is 5.91 Å². The summed E-state index contributed by atoms with van der Waals surface area (Å²) in [5, 5.41) is 10.3. The van der Waals surface area contributed by atoms with Crippen LogP contribution in [-0.2, 0) is 21.6 Å². The Morgan fingerprint density at radius 3 is 2.71 bits per heavy atom. The van der Waals surface area contributed by atoms with Gasteiger partial charge in [-0.1, -0.05) is 11.6 Å². The number of carbonyl (C=O) groups is 2. The van der Waals surface area contributed by atoms with Crippen LogP contribution < -0.4 is 10.6 Å². The van der Waals surface area contributed by atoms with Crippen molar-refractivity contribution in [2.45, 2.75) is 43.7 Å². The van der Waals surface area contributed by atoms with E-state index in [0.29, 0.717) is 22.3 Å². The van der Waals surface area contributed by atoms with E-state index in [1.165, 1.54) is 18.3 Å². The summed E-state index contributed by atoms with van der Waals surface area (Å²) in [4.78, 5) is 29.5. The van der Waals surface area contributed by atoms with Crippen molar-refractivity contribution < 1.29 is 22.7 Å². The number of anilines is 1. The average Bonchev–Trinajstić information content (AvgIpc) is 3.10. The molecule has 2 aromatic heterocycles. The topological polar surface area (TPSA) is 132 Å². The predicted octanol–water partition coefficient (Wildman–Crippen LogP) is 3.62. The van der Waals surface area contributed by atoms with Crippen molar-refractivity contribution in [2.24, 2.45) is 7.05 Å². The molecule has 1 aliphatic rings. The molecular formula is C22H24ClN5O5S. The van der Waals surface area contributed by atoms with E-state index in [1.807, 2.05) is 0 Å². The fourth-order valence-corrected chi connectivity index (χ4v) is 5.65. The van der Waals surface area contributed by atoms with Gasteiger partial charge >= 0.3 is 6.09 Å². The number of nitrogens with zero attached hydrogens (tertiary/aromatic N) is 3. The van der Waals surface area contributed by atoms with Crippen molar-refractivity contribution in [1.82, 2.24) is 20.1 Å². The van der Waals surface area contributed by atoms with Crippen LogP contribution in [0.15, 0.2) is 35.5 Å². The summed E-state index contributed by atoms with van der Waals surface area (Å²) in [5.41, 5.74) is 0.644. The lowest BCUT2D eigenvalue weighted by Gasteiger charge is -2.28. The van der Waals surface area contributed by atoms with Crippen LogP contribution in [0.1, 0.15) is 49.2 Å². The molecule has 0 radical (unpaired) electrons. The molecule has 1 atom stereocenters. The molecule has 1 aromatic carbocycles. The number of rotatable bonds is 3. The smallest absolute Gasteiger partial charge is 0.408 e. The van der Waals surface area contributed by atoms with Crippen LogP contribution in [0.2, 0.25) is 5.02 Å². The molecule has 2 N–H and O–H groups in total.